The topological polar surface area (TPSA) is 108 Å². The molecule has 9 heteroatoms. The smallest absolute Gasteiger partial charge is 0.344 e. The minimum Gasteiger partial charge on any atom is -0.472 e. The monoisotopic (exact) mass is 235 g/mol. The van der Waals surface area contributed by atoms with E-state index in [2.05, 4.69) is 5.32 Å². The molecule has 1 N–H and O–H groups in total. The molecule has 0 radical (unpaired) electrons. The van der Waals surface area contributed by atoms with Gasteiger partial charge >= 0.3 is 10.9 Å². The van der Waals surface area contributed by atoms with Gasteiger partial charge in [-0.15, -0.1) is 0 Å². The molecular weight excluding hydrogens is 230 g/mol. The predicted molar refractivity (Wildman–Crippen MR) is 48.9 cm³/mol. The Morgan fingerprint density at radius 1 is 1.47 bits per heavy atom. The van der Waals surface area contributed by atoms with Crippen LogP contribution in [0.5, 0.6) is 0 Å². The van der Waals surface area contributed by atoms with Gasteiger partial charge in [0.25, 0.3) is 5.88 Å². The van der Waals surface area contributed by atoms with E-state index in [4.69, 9.17) is 16.3 Å². The standard InChI is InChI=1S/C6H6ClN3O5/c7-5(10(13)14)3-4(9(11)12)6-8-1-2-15-6/h3,8H,1-2H2/b5-3-,6-4-. The Labute approximate surface area is 88.5 Å². The number of nitro groups is 2. The molecule has 1 heterocycles. The van der Waals surface area contributed by atoms with Crippen LogP contribution in [0.2, 0.25) is 0 Å². The second-order valence-corrected chi connectivity index (χ2v) is 2.86. The van der Waals surface area contributed by atoms with Crippen molar-refractivity contribution in [2.45, 2.75) is 0 Å². The molecular formula is C6H6ClN3O5. The highest BCUT2D eigenvalue weighted by atomic mass is 35.5. The fourth-order valence-electron chi connectivity index (χ4n) is 0.900. The maximum absolute atomic E-state index is 10.5. The van der Waals surface area contributed by atoms with Crippen LogP contribution in [0.25, 0.3) is 0 Å². The zero-order valence-electron chi connectivity index (χ0n) is 7.31. The number of hydrogen-bond acceptors (Lipinski definition) is 6. The lowest BCUT2D eigenvalue weighted by Gasteiger charge is -1.97. The summed E-state index contributed by atoms with van der Waals surface area (Å²) < 4.78 is 4.86. The van der Waals surface area contributed by atoms with Crippen molar-refractivity contribution >= 4 is 11.6 Å². The second kappa shape index (κ2) is 4.60. The Hall–Kier alpha value is -1.83. The average molecular weight is 236 g/mol. The van der Waals surface area contributed by atoms with Gasteiger partial charge in [0.1, 0.15) is 12.7 Å². The Bertz CT molecular complexity index is 356. The van der Waals surface area contributed by atoms with Crippen LogP contribution in [0.1, 0.15) is 0 Å². The average Bonchev–Trinajstić information content (AvgIpc) is 2.65. The SMILES string of the molecule is O=[N+]([O-])C(/C=C(/Cl)[N+](=O)[O-])=C1/NCCO1. The fraction of sp³-hybridized carbons (Fsp3) is 0.333. The number of ether oxygens (including phenoxy) is 1. The van der Waals surface area contributed by atoms with Crippen molar-refractivity contribution in [3.8, 4) is 0 Å². The van der Waals surface area contributed by atoms with Crippen molar-refractivity contribution in [1.29, 1.82) is 0 Å². The highest BCUT2D eigenvalue weighted by Crippen LogP contribution is 2.14. The molecule has 15 heavy (non-hydrogen) atoms. The van der Waals surface area contributed by atoms with Gasteiger partial charge in [0.15, 0.2) is 0 Å². The van der Waals surface area contributed by atoms with Gasteiger partial charge in [-0.3, -0.25) is 20.2 Å². The highest BCUT2D eigenvalue weighted by Gasteiger charge is 2.24. The van der Waals surface area contributed by atoms with Crippen molar-refractivity contribution in [3.05, 3.63) is 43.0 Å². The summed E-state index contributed by atoms with van der Waals surface area (Å²) in [6.45, 7) is 0.688. The lowest BCUT2D eigenvalue weighted by molar-refractivity contribution is -0.429. The van der Waals surface area contributed by atoms with Crippen molar-refractivity contribution < 1.29 is 14.6 Å². The molecule has 0 bridgehead atoms. The molecule has 0 saturated carbocycles. The maximum atomic E-state index is 10.5. The van der Waals surface area contributed by atoms with E-state index in [1.54, 1.807) is 0 Å². The molecule has 82 valence electrons. The number of nitrogens with one attached hydrogen (secondary N) is 1. The fourth-order valence-corrected chi connectivity index (χ4v) is 1.00. The van der Waals surface area contributed by atoms with Crippen LogP contribution in [0.15, 0.2) is 22.8 Å². The van der Waals surface area contributed by atoms with E-state index in [1.807, 2.05) is 0 Å². The Morgan fingerprint density at radius 3 is 2.53 bits per heavy atom. The van der Waals surface area contributed by atoms with E-state index in [9.17, 15) is 20.2 Å². The van der Waals surface area contributed by atoms with Gasteiger partial charge in [0.05, 0.1) is 16.4 Å². The summed E-state index contributed by atoms with van der Waals surface area (Å²) in [5, 5.41) is 22.4. The van der Waals surface area contributed by atoms with Crippen molar-refractivity contribution in [2.24, 2.45) is 0 Å². The zero-order valence-corrected chi connectivity index (χ0v) is 8.06. The first-order valence-corrected chi connectivity index (χ1v) is 4.17. The molecule has 0 aromatic heterocycles. The summed E-state index contributed by atoms with van der Waals surface area (Å²) in [5.74, 6) is -0.111. The van der Waals surface area contributed by atoms with Crippen molar-refractivity contribution in [3.63, 3.8) is 0 Å². The molecule has 0 amide bonds. The van der Waals surface area contributed by atoms with Crippen LogP contribution >= 0.6 is 11.6 Å². The lowest BCUT2D eigenvalue weighted by atomic mass is 10.4. The van der Waals surface area contributed by atoms with Crippen LogP contribution in [0.3, 0.4) is 0 Å². The van der Waals surface area contributed by atoms with Crippen molar-refractivity contribution in [1.82, 2.24) is 5.32 Å². The van der Waals surface area contributed by atoms with Crippen molar-refractivity contribution in [2.75, 3.05) is 13.2 Å². The van der Waals surface area contributed by atoms with Crippen LogP contribution in [0, 0.1) is 20.2 Å². The van der Waals surface area contributed by atoms with Crippen LogP contribution < -0.4 is 5.32 Å². The number of rotatable bonds is 3. The van der Waals surface area contributed by atoms with E-state index >= 15 is 0 Å². The number of allylic oxidation sites excluding steroid dienone is 1. The third kappa shape index (κ3) is 2.81. The van der Waals surface area contributed by atoms with Gasteiger partial charge in [-0.2, -0.15) is 0 Å². The number of nitrogens with zero attached hydrogens (tertiary/aromatic N) is 2. The number of halogens is 1. The largest absolute Gasteiger partial charge is 0.472 e. The first-order chi connectivity index (χ1) is 7.02. The quantitative estimate of drug-likeness (QED) is 0.431. The Balaban J connectivity index is 3.04. The minimum atomic E-state index is -0.930. The van der Waals surface area contributed by atoms with Gasteiger partial charge < -0.3 is 10.1 Å². The summed E-state index contributed by atoms with van der Waals surface area (Å²) >= 11 is 5.17. The minimum absolute atomic E-state index is 0.111. The number of hydrogen-bond donors (Lipinski definition) is 1. The van der Waals surface area contributed by atoms with Gasteiger partial charge in [-0.1, -0.05) is 0 Å². The molecule has 1 rings (SSSR count). The summed E-state index contributed by atoms with van der Waals surface area (Å²) in [4.78, 5) is 19.0. The molecule has 0 atom stereocenters. The second-order valence-electron chi connectivity index (χ2n) is 2.47. The molecule has 0 spiro atoms. The summed E-state index contributed by atoms with van der Waals surface area (Å²) in [6, 6.07) is 0. The van der Waals surface area contributed by atoms with E-state index in [1.165, 1.54) is 0 Å². The third-order valence-corrected chi connectivity index (χ3v) is 1.74. The van der Waals surface area contributed by atoms with Gasteiger partial charge in [0, 0.05) is 0 Å². The Morgan fingerprint density at radius 2 is 2.13 bits per heavy atom. The molecule has 0 aromatic rings. The molecule has 1 fully saturated rings. The highest BCUT2D eigenvalue weighted by molar-refractivity contribution is 6.28. The lowest BCUT2D eigenvalue weighted by Crippen LogP contribution is -2.12. The summed E-state index contributed by atoms with van der Waals surface area (Å²) in [6.07, 6.45) is 0.634. The van der Waals surface area contributed by atoms with E-state index in [-0.39, 0.29) is 12.5 Å². The molecule has 1 aliphatic heterocycles. The van der Waals surface area contributed by atoms with E-state index in [0.29, 0.717) is 12.6 Å². The molecule has 1 saturated heterocycles. The first kappa shape index (κ1) is 11.2. The molecule has 0 aromatic carbocycles. The maximum Gasteiger partial charge on any atom is 0.344 e. The predicted octanol–water partition coefficient (Wildman–Crippen LogP) is 0.409. The van der Waals surface area contributed by atoms with Crippen LogP contribution in [0.4, 0.5) is 0 Å². The van der Waals surface area contributed by atoms with E-state index in [0.717, 1.165) is 0 Å². The van der Waals surface area contributed by atoms with Gasteiger partial charge in [-0.05, 0) is 11.6 Å². The molecule has 8 nitrogen and oxygen atoms in total. The van der Waals surface area contributed by atoms with Crippen LogP contribution in [-0.4, -0.2) is 23.0 Å². The zero-order chi connectivity index (χ0) is 11.4. The molecule has 1 aliphatic rings. The molecule has 0 unspecified atom stereocenters. The van der Waals surface area contributed by atoms with Gasteiger partial charge in [-0.25, -0.2) is 0 Å². The summed E-state index contributed by atoms with van der Waals surface area (Å²) in [7, 11) is 0. The van der Waals surface area contributed by atoms with Crippen LogP contribution in [-0.2, 0) is 4.74 Å². The first-order valence-electron chi connectivity index (χ1n) is 3.79. The normalized spacial score (nSPS) is 19.1. The summed E-state index contributed by atoms with van der Waals surface area (Å²) in [5.41, 5.74) is -0.561. The molecule has 0 aliphatic carbocycles. The van der Waals surface area contributed by atoms with Gasteiger partial charge in [0.2, 0.25) is 0 Å². The Kier molecular flexibility index (Phi) is 3.45. The van der Waals surface area contributed by atoms with E-state index < -0.39 is 20.7 Å². The third-order valence-electron chi connectivity index (χ3n) is 1.49.